The van der Waals surface area contributed by atoms with E-state index < -0.39 is 0 Å². The van der Waals surface area contributed by atoms with Gasteiger partial charge in [-0.1, -0.05) is 12.1 Å². The standard InChI is InChI=1S/C14H8O2/c15-13-9-5-3-7-1-2-8-4-6-10(14(13)16)12(9)11(7)8/h3-6H,1-2H2. The third-order valence-electron chi connectivity index (χ3n) is 3.69. The van der Waals surface area contributed by atoms with Crippen LogP contribution in [0.25, 0.3) is 10.8 Å². The topological polar surface area (TPSA) is 34.1 Å². The van der Waals surface area contributed by atoms with Gasteiger partial charge < -0.3 is 0 Å². The Morgan fingerprint density at radius 3 is 1.69 bits per heavy atom. The SMILES string of the molecule is O=C1C(=O)c2ccc3c4c(ccc1c24)CC3. The summed E-state index contributed by atoms with van der Waals surface area (Å²) in [5.41, 5.74) is 3.75. The fourth-order valence-electron chi connectivity index (χ4n) is 2.95. The van der Waals surface area contributed by atoms with Crippen LogP contribution in [0.5, 0.6) is 0 Å². The Hall–Kier alpha value is -1.96. The van der Waals surface area contributed by atoms with Gasteiger partial charge in [0.05, 0.1) is 0 Å². The Kier molecular flexibility index (Phi) is 1.24. The number of ketones is 2. The maximum Gasteiger partial charge on any atom is 0.234 e. The van der Waals surface area contributed by atoms with E-state index in [1.807, 2.05) is 24.3 Å². The van der Waals surface area contributed by atoms with E-state index in [4.69, 9.17) is 0 Å². The minimum atomic E-state index is -0.342. The Labute approximate surface area is 91.9 Å². The average molecular weight is 208 g/mol. The lowest BCUT2D eigenvalue weighted by atomic mass is 10.0. The summed E-state index contributed by atoms with van der Waals surface area (Å²) in [7, 11) is 0. The molecule has 2 heteroatoms. The number of carbonyl (C=O) groups is 2. The molecule has 0 fully saturated rings. The van der Waals surface area contributed by atoms with Gasteiger partial charge in [0.1, 0.15) is 0 Å². The largest absolute Gasteiger partial charge is 0.285 e. The van der Waals surface area contributed by atoms with Crippen LogP contribution in [0.2, 0.25) is 0 Å². The minimum Gasteiger partial charge on any atom is -0.285 e. The molecule has 0 amide bonds. The number of hydrogen-bond donors (Lipinski definition) is 0. The molecule has 0 saturated heterocycles. The van der Waals surface area contributed by atoms with E-state index in [2.05, 4.69) is 0 Å². The molecule has 2 aliphatic carbocycles. The molecule has 0 unspecified atom stereocenters. The number of hydrogen-bond acceptors (Lipinski definition) is 2. The molecular weight excluding hydrogens is 200 g/mol. The summed E-state index contributed by atoms with van der Waals surface area (Å²) in [4.78, 5) is 23.5. The zero-order chi connectivity index (χ0) is 10.9. The molecule has 2 aromatic carbocycles. The lowest BCUT2D eigenvalue weighted by Gasteiger charge is -2.02. The van der Waals surface area contributed by atoms with Crippen LogP contribution in [0.3, 0.4) is 0 Å². The monoisotopic (exact) mass is 208 g/mol. The quantitative estimate of drug-likeness (QED) is 0.622. The van der Waals surface area contributed by atoms with Crippen molar-refractivity contribution in [2.24, 2.45) is 0 Å². The molecular formula is C14H8O2. The van der Waals surface area contributed by atoms with Crippen LogP contribution in [0, 0.1) is 0 Å². The summed E-state index contributed by atoms with van der Waals surface area (Å²) < 4.78 is 0. The van der Waals surface area contributed by atoms with E-state index in [1.165, 1.54) is 11.1 Å². The molecule has 0 aromatic heterocycles. The van der Waals surface area contributed by atoms with Crippen LogP contribution < -0.4 is 0 Å². The molecule has 2 aliphatic rings. The van der Waals surface area contributed by atoms with Gasteiger partial charge in [-0.05, 0) is 41.5 Å². The normalized spacial score (nSPS) is 16.5. The molecule has 4 rings (SSSR count). The van der Waals surface area contributed by atoms with Gasteiger partial charge in [-0.15, -0.1) is 0 Å². The van der Waals surface area contributed by atoms with Gasteiger partial charge in [0, 0.05) is 16.5 Å². The number of Topliss-reactive ketones (excluding diaryl/α,β-unsaturated/α-hetero) is 2. The summed E-state index contributed by atoms with van der Waals surface area (Å²) in [6, 6.07) is 7.61. The number of carbonyl (C=O) groups excluding carboxylic acids is 2. The van der Waals surface area contributed by atoms with Crippen LogP contribution in [-0.2, 0) is 12.8 Å². The Morgan fingerprint density at radius 1 is 0.688 bits per heavy atom. The van der Waals surface area contributed by atoms with E-state index in [0.29, 0.717) is 11.1 Å². The van der Waals surface area contributed by atoms with E-state index in [-0.39, 0.29) is 11.6 Å². The van der Waals surface area contributed by atoms with Gasteiger partial charge in [-0.25, -0.2) is 0 Å². The molecule has 2 aromatic rings. The van der Waals surface area contributed by atoms with Crippen LogP contribution >= 0.6 is 0 Å². The first-order valence-corrected chi connectivity index (χ1v) is 5.44. The van der Waals surface area contributed by atoms with E-state index >= 15 is 0 Å². The zero-order valence-electron chi connectivity index (χ0n) is 8.54. The Balaban J connectivity index is 2.34. The van der Waals surface area contributed by atoms with Gasteiger partial charge in [-0.3, -0.25) is 9.59 Å². The van der Waals surface area contributed by atoms with Crippen molar-refractivity contribution < 1.29 is 9.59 Å². The first-order chi connectivity index (χ1) is 7.77. The highest BCUT2D eigenvalue weighted by atomic mass is 16.2. The fraction of sp³-hybridized carbons (Fsp3) is 0.143. The fourth-order valence-corrected chi connectivity index (χ4v) is 2.95. The summed E-state index contributed by atoms with van der Waals surface area (Å²) in [6.07, 6.45) is 2.05. The van der Waals surface area contributed by atoms with Crippen LogP contribution in [0.1, 0.15) is 31.8 Å². The van der Waals surface area contributed by atoms with Gasteiger partial charge in [-0.2, -0.15) is 0 Å². The lowest BCUT2D eigenvalue weighted by Crippen LogP contribution is -2.06. The van der Waals surface area contributed by atoms with Crippen molar-refractivity contribution in [1.82, 2.24) is 0 Å². The number of benzene rings is 2. The maximum absolute atomic E-state index is 11.8. The predicted octanol–water partition coefficient (Wildman–Crippen LogP) is 2.32. The molecule has 0 atom stereocenters. The molecule has 0 radical (unpaired) electrons. The van der Waals surface area contributed by atoms with Crippen molar-refractivity contribution in [3.63, 3.8) is 0 Å². The molecule has 0 spiro atoms. The third-order valence-corrected chi connectivity index (χ3v) is 3.69. The highest BCUT2D eigenvalue weighted by Gasteiger charge is 2.33. The van der Waals surface area contributed by atoms with Gasteiger partial charge >= 0.3 is 0 Å². The number of aryl methyl sites for hydroxylation is 2. The molecule has 0 N–H and O–H groups in total. The molecule has 16 heavy (non-hydrogen) atoms. The first-order valence-electron chi connectivity index (χ1n) is 5.44. The highest BCUT2D eigenvalue weighted by molar-refractivity contribution is 6.57. The van der Waals surface area contributed by atoms with Crippen molar-refractivity contribution >= 4 is 22.3 Å². The second kappa shape index (κ2) is 2.40. The van der Waals surface area contributed by atoms with E-state index in [9.17, 15) is 9.59 Å². The Morgan fingerprint density at radius 2 is 1.19 bits per heavy atom. The minimum absolute atomic E-state index is 0.342. The molecule has 0 bridgehead atoms. The molecule has 0 heterocycles. The number of rotatable bonds is 0. The molecule has 76 valence electrons. The van der Waals surface area contributed by atoms with Crippen molar-refractivity contribution in [3.8, 4) is 0 Å². The van der Waals surface area contributed by atoms with E-state index in [1.54, 1.807) is 0 Å². The third kappa shape index (κ3) is 0.723. The van der Waals surface area contributed by atoms with Gasteiger partial charge in [0.2, 0.25) is 11.6 Å². The van der Waals surface area contributed by atoms with Crippen molar-refractivity contribution in [2.75, 3.05) is 0 Å². The van der Waals surface area contributed by atoms with Crippen molar-refractivity contribution in [3.05, 3.63) is 46.5 Å². The Bertz CT molecular complexity index is 639. The van der Waals surface area contributed by atoms with Gasteiger partial charge in [0.25, 0.3) is 0 Å². The van der Waals surface area contributed by atoms with E-state index in [0.717, 1.165) is 23.6 Å². The summed E-state index contributed by atoms with van der Waals surface area (Å²) >= 11 is 0. The zero-order valence-corrected chi connectivity index (χ0v) is 8.54. The van der Waals surface area contributed by atoms with Gasteiger partial charge in [0.15, 0.2) is 0 Å². The summed E-state index contributed by atoms with van der Waals surface area (Å²) in [6.45, 7) is 0. The van der Waals surface area contributed by atoms with Crippen LogP contribution in [0.4, 0.5) is 0 Å². The van der Waals surface area contributed by atoms with Crippen LogP contribution in [-0.4, -0.2) is 11.6 Å². The maximum atomic E-state index is 11.8. The van der Waals surface area contributed by atoms with Crippen LogP contribution in [0.15, 0.2) is 24.3 Å². The first kappa shape index (κ1) is 8.22. The summed E-state index contributed by atoms with van der Waals surface area (Å²) in [5.74, 6) is -0.684. The van der Waals surface area contributed by atoms with Crippen molar-refractivity contribution in [1.29, 1.82) is 0 Å². The lowest BCUT2D eigenvalue weighted by molar-refractivity contribution is 0.0825. The molecule has 2 nitrogen and oxygen atoms in total. The predicted molar refractivity (Wildman–Crippen MR) is 60.0 cm³/mol. The molecule has 0 saturated carbocycles. The molecule has 0 aliphatic heterocycles. The average Bonchev–Trinajstić information content (AvgIpc) is 2.82. The smallest absolute Gasteiger partial charge is 0.234 e. The second-order valence-corrected chi connectivity index (χ2v) is 4.45. The van der Waals surface area contributed by atoms with Crippen molar-refractivity contribution in [2.45, 2.75) is 12.8 Å². The summed E-state index contributed by atoms with van der Waals surface area (Å²) in [5, 5.41) is 2.07. The second-order valence-electron chi connectivity index (χ2n) is 4.45. The highest BCUT2D eigenvalue weighted by Crippen LogP contribution is 2.38.